The van der Waals surface area contributed by atoms with Crippen LogP contribution in [0.5, 0.6) is 0 Å². The number of fused-ring (bicyclic) bond motifs is 1. The minimum absolute atomic E-state index is 0.0648. The number of pyridine rings is 2. The van der Waals surface area contributed by atoms with Crippen LogP contribution in [-0.4, -0.2) is 36.5 Å². The van der Waals surface area contributed by atoms with Gasteiger partial charge in [-0.05, 0) is 56.0 Å². The van der Waals surface area contributed by atoms with Gasteiger partial charge in [0.1, 0.15) is 27.3 Å². The number of halogens is 3. The van der Waals surface area contributed by atoms with Crippen LogP contribution in [0.15, 0.2) is 61.1 Å². The van der Waals surface area contributed by atoms with E-state index in [-0.39, 0.29) is 23.8 Å². The molecule has 1 aromatic carbocycles. The number of thiazole rings is 1. The molecule has 0 aliphatic heterocycles. The number of nitrogens with one attached hydrogen (secondary N) is 1. The number of amides is 1. The summed E-state index contributed by atoms with van der Waals surface area (Å²) in [5.74, 6) is -0.574. The fourth-order valence-electron chi connectivity index (χ4n) is 5.00. The molecule has 38 heavy (non-hydrogen) atoms. The predicted molar refractivity (Wildman–Crippen MR) is 142 cm³/mol. The van der Waals surface area contributed by atoms with E-state index in [2.05, 4.69) is 20.3 Å². The highest BCUT2D eigenvalue weighted by Crippen LogP contribution is 2.37. The maximum atomic E-state index is 15.0. The maximum Gasteiger partial charge on any atom is 0.280 e. The van der Waals surface area contributed by atoms with Gasteiger partial charge >= 0.3 is 0 Å². The van der Waals surface area contributed by atoms with E-state index < -0.39 is 5.82 Å². The van der Waals surface area contributed by atoms with Gasteiger partial charge in [0.15, 0.2) is 5.01 Å². The van der Waals surface area contributed by atoms with Gasteiger partial charge < -0.3 is 9.88 Å². The van der Waals surface area contributed by atoms with Crippen molar-refractivity contribution in [3.05, 3.63) is 82.0 Å². The molecule has 4 heterocycles. The highest BCUT2D eigenvalue weighted by Gasteiger charge is 2.29. The summed E-state index contributed by atoms with van der Waals surface area (Å²) in [6, 6.07) is 11.1. The van der Waals surface area contributed by atoms with Crippen molar-refractivity contribution < 1.29 is 13.6 Å². The van der Waals surface area contributed by atoms with E-state index in [0.29, 0.717) is 44.1 Å². The minimum Gasteiger partial charge on any atom is -0.347 e. The first-order valence-corrected chi connectivity index (χ1v) is 13.3. The van der Waals surface area contributed by atoms with E-state index in [1.165, 1.54) is 18.3 Å². The molecule has 1 saturated carbocycles. The van der Waals surface area contributed by atoms with E-state index in [1.54, 1.807) is 30.5 Å². The summed E-state index contributed by atoms with van der Waals surface area (Å²) < 4.78 is 30.9. The zero-order valence-electron chi connectivity index (χ0n) is 19.9. The zero-order chi connectivity index (χ0) is 26.2. The largest absolute Gasteiger partial charge is 0.347 e. The molecule has 0 radical (unpaired) electrons. The smallest absolute Gasteiger partial charge is 0.280 e. The molecule has 0 spiro atoms. The van der Waals surface area contributed by atoms with Gasteiger partial charge in [0, 0.05) is 12.1 Å². The van der Waals surface area contributed by atoms with Gasteiger partial charge in [0.05, 0.1) is 41.1 Å². The van der Waals surface area contributed by atoms with Gasteiger partial charge in [-0.2, -0.15) is 0 Å². The number of hydrogen-bond donors (Lipinski definition) is 1. The van der Waals surface area contributed by atoms with E-state index in [0.717, 1.165) is 42.3 Å². The Balaban J connectivity index is 1.41. The topological polar surface area (TPSA) is 85.6 Å². The molecule has 4 aromatic heterocycles. The molecule has 11 heteroatoms. The Morgan fingerprint density at radius 3 is 2.63 bits per heavy atom. The summed E-state index contributed by atoms with van der Waals surface area (Å²) in [6.45, 7) is 0. The molecule has 7 nitrogen and oxygen atoms in total. The van der Waals surface area contributed by atoms with E-state index in [1.807, 2.05) is 10.6 Å². The molecule has 192 valence electrons. The number of carbonyl (C=O) groups is 1. The molecule has 1 aliphatic carbocycles. The first kappa shape index (κ1) is 24.6. The lowest BCUT2D eigenvalue weighted by atomic mass is 9.90. The van der Waals surface area contributed by atoms with Crippen LogP contribution in [-0.2, 0) is 0 Å². The van der Waals surface area contributed by atoms with Gasteiger partial charge in [-0.3, -0.25) is 14.8 Å². The molecule has 5 aromatic rings. The second-order valence-electron chi connectivity index (χ2n) is 9.17. The van der Waals surface area contributed by atoms with E-state index in [4.69, 9.17) is 16.6 Å². The molecular weight excluding hydrogens is 530 g/mol. The van der Waals surface area contributed by atoms with Crippen molar-refractivity contribution in [3.63, 3.8) is 0 Å². The van der Waals surface area contributed by atoms with Crippen LogP contribution < -0.4 is 5.32 Å². The zero-order valence-corrected chi connectivity index (χ0v) is 21.5. The molecular formula is C27H21ClF2N6OS. The lowest BCUT2D eigenvalue weighted by Crippen LogP contribution is -2.39. The summed E-state index contributed by atoms with van der Waals surface area (Å²) in [4.78, 5) is 30.3. The molecule has 1 amide bonds. The van der Waals surface area contributed by atoms with Gasteiger partial charge in [-0.15, -0.1) is 0 Å². The first-order valence-electron chi connectivity index (χ1n) is 12.1. The lowest BCUT2D eigenvalue weighted by molar-refractivity contribution is 0.0920. The molecule has 1 fully saturated rings. The van der Waals surface area contributed by atoms with Crippen LogP contribution in [0.25, 0.3) is 33.8 Å². The number of carbonyl (C=O) groups excluding carboxylic acids is 1. The van der Waals surface area contributed by atoms with E-state index >= 15 is 0 Å². The number of nitrogens with zero attached hydrogens (tertiary/aromatic N) is 5. The van der Waals surface area contributed by atoms with Crippen LogP contribution >= 0.6 is 22.9 Å². The summed E-state index contributed by atoms with van der Waals surface area (Å²) in [5.41, 5.74) is 2.83. The molecule has 1 N–H and O–H groups in total. The first-order chi connectivity index (χ1) is 18.5. The quantitative estimate of drug-likeness (QED) is 0.271. The highest BCUT2D eigenvalue weighted by molar-refractivity contribution is 7.17. The molecule has 0 saturated heterocycles. The maximum absolute atomic E-state index is 15.0. The predicted octanol–water partition coefficient (Wildman–Crippen LogP) is 6.46. The van der Waals surface area contributed by atoms with Crippen LogP contribution in [0.3, 0.4) is 0 Å². The Morgan fingerprint density at radius 2 is 1.87 bits per heavy atom. The average Bonchev–Trinajstić information content (AvgIpc) is 3.53. The van der Waals surface area contributed by atoms with Crippen LogP contribution in [0.1, 0.15) is 41.5 Å². The van der Waals surface area contributed by atoms with Crippen molar-refractivity contribution in [2.24, 2.45) is 0 Å². The van der Waals surface area contributed by atoms with Crippen LogP contribution in [0, 0.1) is 11.6 Å². The Hall–Kier alpha value is -3.76. The number of aromatic nitrogens is 5. The Morgan fingerprint density at radius 1 is 1.03 bits per heavy atom. The number of hydrogen-bond acceptors (Lipinski definition) is 6. The molecule has 2 unspecified atom stereocenters. The minimum atomic E-state index is -0.433. The summed E-state index contributed by atoms with van der Waals surface area (Å²) in [7, 11) is 0. The SMILES string of the molecule is O=C(NC1CCCC(n2c(-c3ccccc3F)nc3cnc(-c4ccc(F)cn4)cc32)C1)c1ncc(Cl)s1. The Labute approximate surface area is 225 Å². The third-order valence-electron chi connectivity index (χ3n) is 6.70. The summed E-state index contributed by atoms with van der Waals surface area (Å²) >= 11 is 7.09. The van der Waals surface area contributed by atoms with Gasteiger partial charge in [-0.1, -0.05) is 35.1 Å². The third kappa shape index (κ3) is 4.77. The van der Waals surface area contributed by atoms with Crippen molar-refractivity contribution in [1.82, 2.24) is 29.8 Å². The lowest BCUT2D eigenvalue weighted by Gasteiger charge is -2.32. The average molecular weight is 551 g/mol. The molecule has 1 aliphatic rings. The fraction of sp³-hybridized carbons (Fsp3) is 0.222. The molecule has 2 atom stereocenters. The van der Waals surface area contributed by atoms with Crippen molar-refractivity contribution in [2.75, 3.05) is 0 Å². The third-order valence-corrected chi connectivity index (χ3v) is 7.81. The summed E-state index contributed by atoms with van der Waals surface area (Å²) in [6.07, 6.45) is 7.37. The fourth-order valence-corrected chi connectivity index (χ4v) is 5.82. The Kier molecular flexibility index (Phi) is 6.59. The number of rotatable bonds is 5. The van der Waals surface area contributed by atoms with Crippen molar-refractivity contribution in [2.45, 2.75) is 37.8 Å². The van der Waals surface area contributed by atoms with Gasteiger partial charge in [0.2, 0.25) is 0 Å². The molecule has 0 bridgehead atoms. The number of benzene rings is 1. The standard InChI is InChI=1S/C27H21ClF2N6OS/c28-24-14-33-27(38-24)26(37)34-16-4-3-5-17(10-16)36-23-11-21(20-9-8-15(29)12-31-20)32-13-22(23)35-25(36)18-6-1-2-7-19(18)30/h1-2,6-9,11-14,16-17H,3-5,10H2,(H,34,37). The van der Waals surface area contributed by atoms with Crippen molar-refractivity contribution in [1.29, 1.82) is 0 Å². The van der Waals surface area contributed by atoms with Crippen LogP contribution in [0.2, 0.25) is 4.34 Å². The molecule has 6 rings (SSSR count). The van der Waals surface area contributed by atoms with Crippen LogP contribution in [0.4, 0.5) is 8.78 Å². The van der Waals surface area contributed by atoms with Crippen molar-refractivity contribution >= 4 is 39.9 Å². The van der Waals surface area contributed by atoms with Gasteiger partial charge in [-0.25, -0.2) is 18.7 Å². The second kappa shape index (κ2) is 10.2. The monoisotopic (exact) mass is 550 g/mol. The second-order valence-corrected chi connectivity index (χ2v) is 10.8. The highest BCUT2D eigenvalue weighted by atomic mass is 35.5. The Bertz CT molecular complexity index is 1640. The van der Waals surface area contributed by atoms with Gasteiger partial charge in [0.25, 0.3) is 5.91 Å². The van der Waals surface area contributed by atoms with E-state index in [9.17, 15) is 13.6 Å². The summed E-state index contributed by atoms with van der Waals surface area (Å²) in [5, 5.41) is 3.41. The van der Waals surface area contributed by atoms with Crippen molar-refractivity contribution in [3.8, 4) is 22.8 Å². The normalized spacial score (nSPS) is 17.6. The number of imidazole rings is 1.